The number of hydrogen-bond acceptors (Lipinski definition) is 4. The molecule has 4 aliphatic carbocycles. The molecule has 4 heteroatoms. The van der Waals surface area contributed by atoms with E-state index in [4.69, 9.17) is 0 Å². The lowest BCUT2D eigenvalue weighted by atomic mass is 9.44. The molecule has 0 saturated heterocycles. The van der Waals surface area contributed by atoms with Crippen LogP contribution in [-0.2, 0) is 14.4 Å². The standard InChI is InChI=1S/C22H30O4/c1-12-9-15-16-6-8-22(26,13(2)23)21(16,4)11-18(25)19(15)20(3)7-5-14(24)10-17(12)20/h10,12,15-16,19,26H,5-9,11H2,1-4H3/t12?,15-,16-,19+,20-,21-,22-/m0/s1. The molecule has 3 saturated carbocycles. The number of ketones is 3. The van der Waals surface area contributed by atoms with Gasteiger partial charge < -0.3 is 5.11 Å². The van der Waals surface area contributed by atoms with Gasteiger partial charge in [0.1, 0.15) is 11.4 Å². The van der Waals surface area contributed by atoms with E-state index in [1.54, 1.807) is 0 Å². The maximum absolute atomic E-state index is 13.4. The predicted octanol–water partition coefficient (Wildman–Crippen LogP) is 3.26. The van der Waals surface area contributed by atoms with Gasteiger partial charge in [-0.2, -0.15) is 0 Å². The van der Waals surface area contributed by atoms with Gasteiger partial charge >= 0.3 is 0 Å². The van der Waals surface area contributed by atoms with Crippen LogP contribution in [-0.4, -0.2) is 28.1 Å². The molecule has 0 aliphatic heterocycles. The van der Waals surface area contributed by atoms with Crippen LogP contribution >= 0.6 is 0 Å². The lowest BCUT2D eigenvalue weighted by Crippen LogP contribution is -2.61. The molecular weight excluding hydrogens is 328 g/mol. The summed E-state index contributed by atoms with van der Waals surface area (Å²) in [5, 5.41) is 11.2. The van der Waals surface area contributed by atoms with Crippen molar-refractivity contribution in [1.82, 2.24) is 0 Å². The molecular formula is C22H30O4. The van der Waals surface area contributed by atoms with Crippen molar-refractivity contribution in [3.05, 3.63) is 11.6 Å². The third-order valence-corrected chi connectivity index (χ3v) is 8.71. The van der Waals surface area contributed by atoms with Crippen molar-refractivity contribution in [2.45, 2.75) is 71.8 Å². The minimum Gasteiger partial charge on any atom is -0.381 e. The summed E-state index contributed by atoms with van der Waals surface area (Å²) < 4.78 is 0. The first kappa shape index (κ1) is 18.1. The second-order valence-electron chi connectivity index (χ2n) is 9.88. The van der Waals surface area contributed by atoms with Gasteiger partial charge in [-0.1, -0.05) is 26.3 Å². The van der Waals surface area contributed by atoms with Gasteiger partial charge in [0.05, 0.1) is 0 Å². The average Bonchev–Trinajstić information content (AvgIpc) is 2.81. The smallest absolute Gasteiger partial charge is 0.161 e. The molecule has 26 heavy (non-hydrogen) atoms. The summed E-state index contributed by atoms with van der Waals surface area (Å²) in [6.45, 7) is 7.76. The molecule has 142 valence electrons. The number of Topliss-reactive ketones (excluding diaryl/α,β-unsaturated/α-hetero) is 2. The first-order valence-electron chi connectivity index (χ1n) is 10.1. The first-order valence-corrected chi connectivity index (χ1v) is 10.1. The zero-order valence-corrected chi connectivity index (χ0v) is 16.3. The van der Waals surface area contributed by atoms with E-state index in [2.05, 4.69) is 13.8 Å². The Bertz CT molecular complexity index is 736. The molecule has 0 spiro atoms. The summed E-state index contributed by atoms with van der Waals surface area (Å²) in [5.74, 6) is 0.745. The van der Waals surface area contributed by atoms with Crippen LogP contribution in [0.25, 0.3) is 0 Å². The Hall–Kier alpha value is -1.29. The average molecular weight is 358 g/mol. The molecule has 0 heterocycles. The minimum atomic E-state index is -1.37. The van der Waals surface area contributed by atoms with Crippen LogP contribution < -0.4 is 0 Å². The van der Waals surface area contributed by atoms with Crippen molar-refractivity contribution in [3.8, 4) is 0 Å². The van der Waals surface area contributed by atoms with Crippen molar-refractivity contribution < 1.29 is 19.5 Å². The van der Waals surface area contributed by atoms with Gasteiger partial charge in [0.2, 0.25) is 0 Å². The van der Waals surface area contributed by atoms with Gasteiger partial charge in [-0.15, -0.1) is 0 Å². The fraction of sp³-hybridized carbons (Fsp3) is 0.773. The molecule has 0 radical (unpaired) electrons. The molecule has 0 aromatic carbocycles. The zero-order valence-electron chi connectivity index (χ0n) is 16.3. The van der Waals surface area contributed by atoms with Crippen molar-refractivity contribution in [2.24, 2.45) is 34.5 Å². The van der Waals surface area contributed by atoms with E-state index in [1.807, 2.05) is 13.0 Å². The van der Waals surface area contributed by atoms with E-state index in [-0.39, 0.29) is 52.9 Å². The van der Waals surface area contributed by atoms with Crippen molar-refractivity contribution in [3.63, 3.8) is 0 Å². The molecule has 0 amide bonds. The number of hydrogen-bond donors (Lipinski definition) is 1. The third kappa shape index (κ3) is 2.02. The van der Waals surface area contributed by atoms with Crippen LogP contribution in [0.15, 0.2) is 11.6 Å². The summed E-state index contributed by atoms with van der Waals surface area (Å²) >= 11 is 0. The first-order chi connectivity index (χ1) is 12.0. The maximum Gasteiger partial charge on any atom is 0.161 e. The highest BCUT2D eigenvalue weighted by Gasteiger charge is 2.68. The fourth-order valence-corrected chi connectivity index (χ4v) is 7.40. The topological polar surface area (TPSA) is 71.4 Å². The van der Waals surface area contributed by atoms with Crippen LogP contribution in [0, 0.1) is 34.5 Å². The molecule has 0 aromatic rings. The molecule has 4 nitrogen and oxygen atoms in total. The molecule has 1 N–H and O–H groups in total. The highest BCUT2D eigenvalue weighted by molar-refractivity contribution is 5.94. The molecule has 4 rings (SSSR count). The number of carbonyl (C=O) groups is 3. The predicted molar refractivity (Wildman–Crippen MR) is 97.3 cm³/mol. The van der Waals surface area contributed by atoms with Crippen LogP contribution in [0.1, 0.15) is 66.2 Å². The Balaban J connectivity index is 1.80. The Morgan fingerprint density at radius 3 is 2.58 bits per heavy atom. The molecule has 3 fully saturated rings. The van der Waals surface area contributed by atoms with E-state index in [0.29, 0.717) is 12.8 Å². The van der Waals surface area contributed by atoms with Gasteiger partial charge in [0, 0.05) is 24.2 Å². The fourth-order valence-electron chi connectivity index (χ4n) is 7.40. The highest BCUT2D eigenvalue weighted by atomic mass is 16.3. The molecule has 0 bridgehead atoms. The van der Waals surface area contributed by atoms with E-state index in [0.717, 1.165) is 24.8 Å². The number of fused-ring (bicyclic) bond motifs is 5. The van der Waals surface area contributed by atoms with E-state index in [9.17, 15) is 19.5 Å². The summed E-state index contributed by atoms with van der Waals surface area (Å²) in [4.78, 5) is 37.7. The third-order valence-electron chi connectivity index (χ3n) is 8.71. The molecule has 4 aliphatic rings. The Morgan fingerprint density at radius 1 is 1.23 bits per heavy atom. The zero-order chi connectivity index (χ0) is 19.1. The van der Waals surface area contributed by atoms with E-state index < -0.39 is 11.0 Å². The Labute approximate surface area is 155 Å². The van der Waals surface area contributed by atoms with E-state index in [1.165, 1.54) is 6.92 Å². The lowest BCUT2D eigenvalue weighted by Gasteiger charge is -2.59. The SMILES string of the molecule is CC(=O)[C@@]1(O)CC[C@H]2[C@@H]3CC(C)C4=CC(=O)CC[C@]4(C)[C@H]3C(=O)C[C@@]21C. The van der Waals surface area contributed by atoms with Crippen molar-refractivity contribution >= 4 is 17.3 Å². The van der Waals surface area contributed by atoms with Gasteiger partial charge in [-0.25, -0.2) is 0 Å². The molecule has 0 aromatic heterocycles. The lowest BCUT2D eigenvalue weighted by molar-refractivity contribution is -0.168. The summed E-state index contributed by atoms with van der Waals surface area (Å²) in [5.41, 5.74) is -1.11. The molecule has 7 atom stereocenters. The monoisotopic (exact) mass is 358 g/mol. The van der Waals surface area contributed by atoms with Crippen LogP contribution in [0.2, 0.25) is 0 Å². The Kier molecular flexibility index (Phi) is 3.74. The second-order valence-corrected chi connectivity index (χ2v) is 9.88. The minimum absolute atomic E-state index is 0.0783. The summed E-state index contributed by atoms with van der Waals surface area (Å²) in [6, 6.07) is 0. The van der Waals surface area contributed by atoms with E-state index >= 15 is 0 Å². The quantitative estimate of drug-likeness (QED) is 0.781. The number of aliphatic hydroxyl groups is 1. The summed E-state index contributed by atoms with van der Waals surface area (Å²) in [6.07, 6.45) is 5.50. The normalized spacial score (nSPS) is 50.6. The van der Waals surface area contributed by atoms with Crippen molar-refractivity contribution in [1.29, 1.82) is 0 Å². The van der Waals surface area contributed by atoms with Gasteiger partial charge in [0.25, 0.3) is 0 Å². The number of allylic oxidation sites excluding steroid dienone is 1. The number of carbonyl (C=O) groups excluding carboxylic acids is 3. The summed E-state index contributed by atoms with van der Waals surface area (Å²) in [7, 11) is 0. The largest absolute Gasteiger partial charge is 0.381 e. The van der Waals surface area contributed by atoms with Crippen molar-refractivity contribution in [2.75, 3.05) is 0 Å². The Morgan fingerprint density at radius 2 is 1.92 bits per heavy atom. The number of rotatable bonds is 1. The molecule has 1 unspecified atom stereocenters. The highest BCUT2D eigenvalue weighted by Crippen LogP contribution is 2.67. The second kappa shape index (κ2) is 5.37. The maximum atomic E-state index is 13.4. The van der Waals surface area contributed by atoms with Gasteiger partial charge in [-0.05, 0) is 61.9 Å². The van der Waals surface area contributed by atoms with Gasteiger partial charge in [-0.3, -0.25) is 14.4 Å². The van der Waals surface area contributed by atoms with Crippen LogP contribution in [0.4, 0.5) is 0 Å². The van der Waals surface area contributed by atoms with Crippen LogP contribution in [0.3, 0.4) is 0 Å². The van der Waals surface area contributed by atoms with Crippen LogP contribution in [0.5, 0.6) is 0 Å². The van der Waals surface area contributed by atoms with Gasteiger partial charge in [0.15, 0.2) is 11.6 Å².